The van der Waals surface area contributed by atoms with Gasteiger partial charge in [-0.1, -0.05) is 0 Å². The molecule has 0 fully saturated rings. The van der Waals surface area contributed by atoms with Crippen LogP contribution in [0.2, 0.25) is 0 Å². The zero-order valence-corrected chi connectivity index (χ0v) is 8.00. The van der Waals surface area contributed by atoms with Crippen molar-refractivity contribution in [3.05, 3.63) is 0 Å². The Morgan fingerprint density at radius 1 is 1.67 bits per heavy atom. The molecular weight excluding hydrogens is 156 g/mol. The van der Waals surface area contributed by atoms with Gasteiger partial charge in [-0.25, -0.2) is 0 Å². The van der Waals surface area contributed by atoms with E-state index in [1.54, 1.807) is 6.92 Å². The number of carboxylic acids is 1. The molecule has 0 aromatic rings. The van der Waals surface area contributed by atoms with Crippen molar-refractivity contribution in [2.24, 2.45) is 0 Å². The van der Waals surface area contributed by atoms with Crippen LogP contribution in [0.15, 0.2) is 0 Å². The maximum Gasteiger partial charge on any atom is 0.320 e. The van der Waals surface area contributed by atoms with Crippen molar-refractivity contribution in [3.63, 3.8) is 0 Å². The molecular formula is C8H18N2O2. The van der Waals surface area contributed by atoms with Crippen LogP contribution in [-0.2, 0) is 4.79 Å². The van der Waals surface area contributed by atoms with Crippen molar-refractivity contribution in [3.8, 4) is 0 Å². The highest BCUT2D eigenvalue weighted by Gasteiger charge is 2.15. The number of nitrogens with one attached hydrogen (secondary N) is 1. The molecule has 1 atom stereocenters. The largest absolute Gasteiger partial charge is 0.480 e. The molecule has 0 heterocycles. The van der Waals surface area contributed by atoms with Gasteiger partial charge in [0.2, 0.25) is 0 Å². The first-order valence-corrected chi connectivity index (χ1v) is 4.17. The summed E-state index contributed by atoms with van der Waals surface area (Å²) in [5, 5.41) is 11.7. The van der Waals surface area contributed by atoms with Crippen LogP contribution in [0.25, 0.3) is 0 Å². The van der Waals surface area contributed by atoms with E-state index in [-0.39, 0.29) is 6.04 Å². The molecule has 0 spiro atoms. The number of carbonyl (C=O) groups is 1. The van der Waals surface area contributed by atoms with Crippen molar-refractivity contribution in [2.45, 2.75) is 19.4 Å². The lowest BCUT2D eigenvalue weighted by atomic mass is 10.3. The molecule has 0 aliphatic rings. The summed E-state index contributed by atoms with van der Waals surface area (Å²) in [6.45, 7) is 3.44. The van der Waals surface area contributed by atoms with Crippen molar-refractivity contribution >= 4 is 5.97 Å². The van der Waals surface area contributed by atoms with Crippen LogP contribution in [0.1, 0.15) is 13.3 Å². The van der Waals surface area contributed by atoms with Gasteiger partial charge in [-0.05, 0) is 40.5 Å². The van der Waals surface area contributed by atoms with Crippen LogP contribution in [-0.4, -0.2) is 49.2 Å². The molecule has 0 radical (unpaired) electrons. The number of rotatable bonds is 6. The van der Waals surface area contributed by atoms with E-state index in [1.165, 1.54) is 0 Å². The Morgan fingerprint density at radius 3 is 2.67 bits per heavy atom. The first-order valence-electron chi connectivity index (χ1n) is 4.17. The molecule has 0 aromatic carbocycles. The van der Waals surface area contributed by atoms with Gasteiger partial charge < -0.3 is 10.4 Å². The molecule has 2 N–H and O–H groups in total. The normalized spacial score (nSPS) is 13.3. The van der Waals surface area contributed by atoms with Crippen LogP contribution < -0.4 is 5.32 Å². The molecule has 12 heavy (non-hydrogen) atoms. The predicted octanol–water partition coefficient (Wildman–Crippen LogP) is 0.000800. The molecule has 72 valence electrons. The number of carboxylic acid groups (broad SMARTS) is 1. The van der Waals surface area contributed by atoms with Crippen LogP contribution in [0, 0.1) is 0 Å². The number of nitrogens with zero attached hydrogens (tertiary/aromatic N) is 1. The third-order valence-electron chi connectivity index (χ3n) is 1.96. The Hall–Kier alpha value is -0.610. The van der Waals surface area contributed by atoms with E-state index in [4.69, 9.17) is 5.11 Å². The summed E-state index contributed by atoms with van der Waals surface area (Å²) in [6, 6.07) is -0.387. The van der Waals surface area contributed by atoms with Crippen LogP contribution in [0.5, 0.6) is 0 Å². The second kappa shape index (κ2) is 5.97. The minimum atomic E-state index is -0.762. The van der Waals surface area contributed by atoms with Crippen molar-refractivity contribution in [2.75, 3.05) is 27.2 Å². The highest BCUT2D eigenvalue weighted by atomic mass is 16.4. The molecule has 0 rings (SSSR count). The average molecular weight is 174 g/mol. The summed E-state index contributed by atoms with van der Waals surface area (Å²) in [6.07, 6.45) is 0.977. The van der Waals surface area contributed by atoms with Gasteiger partial charge in [0.25, 0.3) is 0 Å². The lowest BCUT2D eigenvalue weighted by molar-refractivity contribution is -0.142. The molecule has 0 aliphatic carbocycles. The summed E-state index contributed by atoms with van der Waals surface area (Å²) in [5.41, 5.74) is 0. The Morgan fingerprint density at radius 2 is 2.25 bits per heavy atom. The molecule has 0 saturated heterocycles. The van der Waals surface area contributed by atoms with Gasteiger partial charge in [0.15, 0.2) is 0 Å². The third-order valence-corrected chi connectivity index (χ3v) is 1.96. The summed E-state index contributed by atoms with van der Waals surface area (Å²) < 4.78 is 0. The second-order valence-electron chi connectivity index (χ2n) is 2.95. The minimum absolute atomic E-state index is 0.387. The summed E-state index contributed by atoms with van der Waals surface area (Å²) in [4.78, 5) is 12.3. The predicted molar refractivity (Wildman–Crippen MR) is 48.3 cm³/mol. The van der Waals surface area contributed by atoms with Crippen LogP contribution in [0.4, 0.5) is 0 Å². The summed E-state index contributed by atoms with van der Waals surface area (Å²) in [5.74, 6) is -0.762. The van der Waals surface area contributed by atoms with Crippen molar-refractivity contribution in [1.82, 2.24) is 10.2 Å². The van der Waals surface area contributed by atoms with Crippen LogP contribution in [0.3, 0.4) is 0 Å². The quantitative estimate of drug-likeness (QED) is 0.557. The van der Waals surface area contributed by atoms with E-state index in [0.29, 0.717) is 0 Å². The zero-order chi connectivity index (χ0) is 9.56. The standard InChI is InChI=1S/C8H18N2O2/c1-7(8(11)12)10(3)6-4-5-9-2/h7,9H,4-6H2,1-3H3,(H,11,12). The molecule has 4 nitrogen and oxygen atoms in total. The minimum Gasteiger partial charge on any atom is -0.480 e. The number of hydrogen-bond acceptors (Lipinski definition) is 3. The maximum absolute atomic E-state index is 10.5. The van der Waals surface area contributed by atoms with Gasteiger partial charge in [0.1, 0.15) is 6.04 Å². The summed E-state index contributed by atoms with van der Waals surface area (Å²) in [7, 11) is 3.72. The molecule has 0 aromatic heterocycles. The smallest absolute Gasteiger partial charge is 0.320 e. The zero-order valence-electron chi connectivity index (χ0n) is 8.00. The average Bonchev–Trinajstić information content (AvgIpc) is 2.03. The lowest BCUT2D eigenvalue weighted by Gasteiger charge is -2.20. The van der Waals surface area contributed by atoms with Gasteiger partial charge in [-0.2, -0.15) is 0 Å². The van der Waals surface area contributed by atoms with Gasteiger partial charge in [0.05, 0.1) is 0 Å². The van der Waals surface area contributed by atoms with Crippen molar-refractivity contribution in [1.29, 1.82) is 0 Å². The van der Waals surface area contributed by atoms with E-state index < -0.39 is 5.97 Å². The van der Waals surface area contributed by atoms with Crippen LogP contribution >= 0.6 is 0 Å². The Labute approximate surface area is 73.6 Å². The molecule has 0 amide bonds. The maximum atomic E-state index is 10.5. The first-order chi connectivity index (χ1) is 5.59. The Kier molecular flexibility index (Phi) is 5.66. The monoisotopic (exact) mass is 174 g/mol. The first kappa shape index (κ1) is 11.4. The van der Waals surface area contributed by atoms with E-state index in [0.717, 1.165) is 19.5 Å². The van der Waals surface area contributed by atoms with E-state index in [2.05, 4.69) is 5.32 Å². The summed E-state index contributed by atoms with van der Waals surface area (Å²) >= 11 is 0. The van der Waals surface area contributed by atoms with Gasteiger partial charge in [0, 0.05) is 0 Å². The van der Waals surface area contributed by atoms with Gasteiger partial charge in [-0.15, -0.1) is 0 Å². The fourth-order valence-electron chi connectivity index (χ4n) is 0.887. The number of aliphatic carboxylic acids is 1. The molecule has 0 bridgehead atoms. The lowest BCUT2D eigenvalue weighted by Crippen LogP contribution is -2.37. The molecule has 1 unspecified atom stereocenters. The van der Waals surface area contributed by atoms with Gasteiger partial charge >= 0.3 is 5.97 Å². The Bertz CT molecular complexity index is 139. The number of likely N-dealkylation sites (N-methyl/N-ethyl adjacent to an activating group) is 1. The topological polar surface area (TPSA) is 52.6 Å². The van der Waals surface area contributed by atoms with Gasteiger partial charge in [-0.3, -0.25) is 9.69 Å². The van der Waals surface area contributed by atoms with E-state index in [1.807, 2.05) is 19.0 Å². The van der Waals surface area contributed by atoms with E-state index >= 15 is 0 Å². The fourth-order valence-corrected chi connectivity index (χ4v) is 0.887. The highest BCUT2D eigenvalue weighted by Crippen LogP contribution is 1.95. The third kappa shape index (κ3) is 4.31. The molecule has 0 aliphatic heterocycles. The highest BCUT2D eigenvalue weighted by molar-refractivity contribution is 5.72. The number of hydrogen-bond donors (Lipinski definition) is 2. The fraction of sp³-hybridized carbons (Fsp3) is 0.875. The molecule has 0 saturated carbocycles. The Balaban J connectivity index is 3.56. The molecule has 4 heteroatoms. The van der Waals surface area contributed by atoms with Crippen molar-refractivity contribution < 1.29 is 9.90 Å². The van der Waals surface area contributed by atoms with E-state index in [9.17, 15) is 4.79 Å². The SMILES string of the molecule is CNCCCN(C)C(C)C(=O)O. The second-order valence-corrected chi connectivity index (χ2v) is 2.95.